The molecule has 1 atom stereocenters. The van der Waals surface area contributed by atoms with Crippen molar-refractivity contribution in [2.75, 3.05) is 19.0 Å². The molecule has 1 aliphatic heterocycles. The number of ether oxygens (including phenoxy) is 2. The summed E-state index contributed by atoms with van der Waals surface area (Å²) in [6.45, 7) is 0.985. The second-order valence-electron chi connectivity index (χ2n) is 6.13. The molecule has 0 aliphatic carbocycles. The molecule has 2 aromatic heterocycles. The summed E-state index contributed by atoms with van der Waals surface area (Å²) in [5.74, 6) is 0.575. The molecular formula is C17H19N5O5S. The first-order valence-electron chi connectivity index (χ1n) is 8.57. The van der Waals surface area contributed by atoms with Crippen LogP contribution >= 0.6 is 0 Å². The van der Waals surface area contributed by atoms with Crippen LogP contribution in [0.4, 0.5) is 5.69 Å². The van der Waals surface area contributed by atoms with E-state index in [-0.39, 0.29) is 10.8 Å². The van der Waals surface area contributed by atoms with Gasteiger partial charge in [0.2, 0.25) is 5.88 Å². The van der Waals surface area contributed by atoms with Crippen molar-refractivity contribution in [1.29, 1.82) is 0 Å². The van der Waals surface area contributed by atoms with Gasteiger partial charge in [-0.1, -0.05) is 6.07 Å². The van der Waals surface area contributed by atoms with Crippen LogP contribution in [0.15, 0.2) is 41.6 Å². The van der Waals surface area contributed by atoms with Gasteiger partial charge in [-0.15, -0.1) is 0 Å². The van der Waals surface area contributed by atoms with Gasteiger partial charge >= 0.3 is 0 Å². The number of nitrogens with zero attached hydrogens (tertiary/aromatic N) is 3. The van der Waals surface area contributed by atoms with E-state index in [1.807, 2.05) is 12.1 Å². The van der Waals surface area contributed by atoms with E-state index in [0.717, 1.165) is 11.8 Å². The summed E-state index contributed by atoms with van der Waals surface area (Å²) in [4.78, 5) is 4.15. The van der Waals surface area contributed by atoms with E-state index >= 15 is 0 Å². The van der Waals surface area contributed by atoms with Crippen molar-refractivity contribution in [3.05, 3.63) is 36.7 Å². The third-order valence-corrected chi connectivity index (χ3v) is 5.70. The van der Waals surface area contributed by atoms with Gasteiger partial charge in [0, 0.05) is 24.5 Å². The molecule has 3 N–H and O–H groups in total. The molecule has 1 aromatic carbocycles. The van der Waals surface area contributed by atoms with Gasteiger partial charge in [0.05, 0.1) is 25.4 Å². The standard InChI is InChI=1S/C17H19N5O5S/c1-26-12-6-5-11-4-2-7-18-14(11)15(12)20-17(23)21-28(24,25)13-10-19-22-8-3-9-27-16(13)22/h2,4-7,10,17,20-21,23H,3,8-9H2,1H3. The lowest BCUT2D eigenvalue weighted by Crippen LogP contribution is -2.40. The Kier molecular flexibility index (Phi) is 4.79. The van der Waals surface area contributed by atoms with E-state index < -0.39 is 16.4 Å². The van der Waals surface area contributed by atoms with E-state index in [0.29, 0.717) is 30.1 Å². The number of hydrogen-bond donors (Lipinski definition) is 3. The number of aliphatic hydroxyl groups excluding tert-OH is 1. The molecule has 148 valence electrons. The highest BCUT2D eigenvalue weighted by molar-refractivity contribution is 7.89. The summed E-state index contributed by atoms with van der Waals surface area (Å²) in [6.07, 6.45) is 1.92. The van der Waals surface area contributed by atoms with Gasteiger partial charge in [-0.3, -0.25) is 4.98 Å². The molecule has 1 aliphatic rings. The van der Waals surface area contributed by atoms with Crippen molar-refractivity contribution < 1.29 is 23.0 Å². The van der Waals surface area contributed by atoms with Crippen molar-refractivity contribution in [1.82, 2.24) is 19.5 Å². The SMILES string of the molecule is COc1ccc2cccnc2c1NC(O)NS(=O)(=O)c1cnn2c1OCCC2. The topological polar surface area (TPSA) is 128 Å². The van der Waals surface area contributed by atoms with Gasteiger partial charge in [-0.25, -0.2) is 13.1 Å². The highest BCUT2D eigenvalue weighted by Crippen LogP contribution is 2.32. The predicted octanol–water partition coefficient (Wildman–Crippen LogP) is 0.889. The highest BCUT2D eigenvalue weighted by atomic mass is 32.2. The number of benzene rings is 1. The number of pyridine rings is 1. The summed E-state index contributed by atoms with van der Waals surface area (Å²) in [7, 11) is -2.61. The summed E-state index contributed by atoms with van der Waals surface area (Å²) < 4.78 is 39.8. The van der Waals surface area contributed by atoms with Gasteiger partial charge in [0.1, 0.15) is 11.4 Å². The average Bonchev–Trinajstić information content (AvgIpc) is 3.13. The third-order valence-electron chi connectivity index (χ3n) is 4.31. The Bertz CT molecular complexity index is 1110. The Hall–Kier alpha value is -2.89. The number of aromatic nitrogens is 3. The molecule has 28 heavy (non-hydrogen) atoms. The molecule has 0 bridgehead atoms. The van der Waals surface area contributed by atoms with E-state index in [1.54, 1.807) is 18.3 Å². The number of rotatable bonds is 6. The quantitative estimate of drug-likeness (QED) is 0.516. The number of nitrogens with one attached hydrogen (secondary N) is 2. The average molecular weight is 405 g/mol. The molecule has 11 heteroatoms. The maximum absolute atomic E-state index is 12.7. The van der Waals surface area contributed by atoms with Crippen LogP contribution in [-0.2, 0) is 16.6 Å². The number of sulfonamides is 1. The Balaban J connectivity index is 1.60. The Morgan fingerprint density at radius 1 is 1.36 bits per heavy atom. The zero-order valence-corrected chi connectivity index (χ0v) is 15.8. The minimum Gasteiger partial charge on any atom is -0.495 e. The molecule has 0 saturated heterocycles. The maximum atomic E-state index is 12.7. The van der Waals surface area contributed by atoms with Crippen molar-refractivity contribution in [2.45, 2.75) is 24.2 Å². The highest BCUT2D eigenvalue weighted by Gasteiger charge is 2.28. The normalized spacial score (nSPS) is 14.9. The monoisotopic (exact) mass is 405 g/mol. The van der Waals surface area contributed by atoms with Crippen molar-refractivity contribution >= 4 is 26.6 Å². The van der Waals surface area contributed by atoms with Crippen LogP contribution in [0, 0.1) is 0 Å². The van der Waals surface area contributed by atoms with E-state index in [2.05, 4.69) is 20.1 Å². The zero-order valence-electron chi connectivity index (χ0n) is 15.0. The van der Waals surface area contributed by atoms with Crippen LogP contribution in [-0.4, -0.2) is 48.4 Å². The maximum Gasteiger partial charge on any atom is 0.251 e. The zero-order chi connectivity index (χ0) is 19.7. The molecule has 3 aromatic rings. The molecule has 0 saturated carbocycles. The Labute approximate surface area is 161 Å². The lowest BCUT2D eigenvalue weighted by atomic mass is 10.2. The van der Waals surface area contributed by atoms with Crippen LogP contribution in [0.25, 0.3) is 10.9 Å². The number of aliphatic hydroxyl groups is 1. The first-order chi connectivity index (χ1) is 13.5. The summed E-state index contributed by atoms with van der Waals surface area (Å²) in [5.41, 5.74) is 0.899. The lowest BCUT2D eigenvalue weighted by molar-refractivity contribution is 0.191. The second-order valence-corrected chi connectivity index (χ2v) is 7.81. The van der Waals surface area contributed by atoms with Crippen molar-refractivity contribution in [3.8, 4) is 11.6 Å². The van der Waals surface area contributed by atoms with Gasteiger partial charge in [0.25, 0.3) is 10.0 Å². The molecule has 1 unspecified atom stereocenters. The molecule has 10 nitrogen and oxygen atoms in total. The van der Waals surface area contributed by atoms with Crippen molar-refractivity contribution in [3.63, 3.8) is 0 Å². The molecule has 0 spiro atoms. The van der Waals surface area contributed by atoms with Gasteiger partial charge in [-0.2, -0.15) is 9.82 Å². The number of anilines is 1. The number of aryl methyl sites for hydroxylation is 1. The van der Waals surface area contributed by atoms with Gasteiger partial charge in [0.15, 0.2) is 11.2 Å². The van der Waals surface area contributed by atoms with Gasteiger partial charge in [-0.05, 0) is 18.2 Å². The molecule has 0 amide bonds. The van der Waals surface area contributed by atoms with Crippen LogP contribution in [0.2, 0.25) is 0 Å². The first-order valence-corrected chi connectivity index (χ1v) is 10.1. The lowest BCUT2D eigenvalue weighted by Gasteiger charge is -2.20. The van der Waals surface area contributed by atoms with Crippen LogP contribution in [0.5, 0.6) is 11.6 Å². The van der Waals surface area contributed by atoms with Crippen LogP contribution in [0.3, 0.4) is 0 Å². The number of hydrogen-bond acceptors (Lipinski definition) is 8. The molecule has 0 fully saturated rings. The van der Waals surface area contributed by atoms with E-state index in [9.17, 15) is 13.5 Å². The fourth-order valence-electron chi connectivity index (χ4n) is 3.04. The second kappa shape index (κ2) is 7.26. The molecular weight excluding hydrogens is 386 g/mol. The van der Waals surface area contributed by atoms with Gasteiger partial charge < -0.3 is 19.9 Å². The van der Waals surface area contributed by atoms with Crippen molar-refractivity contribution in [2.24, 2.45) is 0 Å². The Morgan fingerprint density at radius 2 is 2.21 bits per heavy atom. The Morgan fingerprint density at radius 3 is 3.04 bits per heavy atom. The van der Waals surface area contributed by atoms with Crippen LogP contribution in [0.1, 0.15) is 6.42 Å². The number of fused-ring (bicyclic) bond motifs is 2. The molecule has 0 radical (unpaired) electrons. The molecule has 4 rings (SSSR count). The first kappa shape index (κ1) is 18.5. The minimum absolute atomic E-state index is 0.129. The fourth-order valence-corrected chi connectivity index (χ4v) is 4.10. The van der Waals surface area contributed by atoms with E-state index in [4.69, 9.17) is 9.47 Å². The summed E-state index contributed by atoms with van der Waals surface area (Å²) in [6, 6.07) is 7.15. The summed E-state index contributed by atoms with van der Waals surface area (Å²) in [5, 5.41) is 17.9. The minimum atomic E-state index is -4.08. The van der Waals surface area contributed by atoms with Crippen LogP contribution < -0.4 is 19.5 Å². The van der Waals surface area contributed by atoms with E-state index in [1.165, 1.54) is 18.0 Å². The fraction of sp³-hybridized carbons (Fsp3) is 0.294. The molecule has 3 heterocycles. The predicted molar refractivity (Wildman–Crippen MR) is 101 cm³/mol. The largest absolute Gasteiger partial charge is 0.495 e. The number of methoxy groups -OCH3 is 1. The smallest absolute Gasteiger partial charge is 0.251 e. The third kappa shape index (κ3) is 3.35. The summed E-state index contributed by atoms with van der Waals surface area (Å²) >= 11 is 0.